The molecule has 0 saturated carbocycles. The number of carbonyl (C=O) groups is 10. The lowest BCUT2D eigenvalue weighted by Crippen LogP contribution is -2.22. The number of ketones is 2. The molecule has 11 aromatic rings. The SMILES string of the molecule is C=C(C)C(=O)OC(C)COc1ccc(CCc2ccc(N(c3ccc(C)cc3)c3ccc(CCc4ccc(OCC(C)OC(=O)C(=C)C)cc4)cc3)cc2)cc1.C=CC(=O)C(=O)Oc1ccc(N(c2ccc(C)cc2)c2ccc(OC(=O)C(=O)C=C)cc2)cc1.C=CC(=O)OCCCCCC(=O)Oc1ccc(N(c2ccc(C)cc2)c2ccc(OC(=O)CCCCCOC(=O)C=C)cc2)cc1. The van der Waals surface area contributed by atoms with Crippen LogP contribution >= 0.6 is 0 Å². The Morgan fingerprint density at radius 1 is 0.287 bits per heavy atom. The van der Waals surface area contributed by atoms with Crippen molar-refractivity contribution in [2.24, 2.45) is 0 Å². The van der Waals surface area contributed by atoms with Crippen LogP contribution < -0.4 is 43.1 Å². The molecular formula is C113H115N3O20. The van der Waals surface area contributed by atoms with Crippen LogP contribution in [0.1, 0.15) is 118 Å². The average molecular weight is 1840 g/mol. The normalized spacial score (nSPS) is 10.9. The Bertz CT molecular complexity index is 5580. The zero-order chi connectivity index (χ0) is 97.8. The quantitative estimate of drug-likeness (QED) is 0.00856. The molecule has 0 aromatic heterocycles. The summed E-state index contributed by atoms with van der Waals surface area (Å²) in [6, 6.07) is 86.1. The van der Waals surface area contributed by atoms with Crippen molar-refractivity contribution >= 4 is 111 Å². The van der Waals surface area contributed by atoms with Crippen LogP contribution in [-0.4, -0.2) is 98.0 Å². The Balaban J connectivity index is 0.000000236. The highest BCUT2D eigenvalue weighted by molar-refractivity contribution is 6.39. The first-order valence-electron chi connectivity index (χ1n) is 44.7. The zero-order valence-electron chi connectivity index (χ0n) is 77.9. The van der Waals surface area contributed by atoms with Gasteiger partial charge >= 0.3 is 47.8 Å². The summed E-state index contributed by atoms with van der Waals surface area (Å²) in [5, 5.41) is 0. The first-order chi connectivity index (χ1) is 65.5. The van der Waals surface area contributed by atoms with Crippen LogP contribution in [0.15, 0.2) is 342 Å². The molecular weight excluding hydrogens is 1720 g/mol. The Morgan fingerprint density at radius 2 is 0.515 bits per heavy atom. The summed E-state index contributed by atoms with van der Waals surface area (Å²) >= 11 is 0. The van der Waals surface area contributed by atoms with E-state index in [-0.39, 0.29) is 61.7 Å². The molecule has 2 unspecified atom stereocenters. The zero-order valence-corrected chi connectivity index (χ0v) is 77.9. The number of carbonyl (C=O) groups excluding carboxylic acids is 10. The Hall–Kier alpha value is -16.0. The highest BCUT2D eigenvalue weighted by Crippen LogP contribution is 2.40. The Kier molecular flexibility index (Phi) is 41.2. The van der Waals surface area contributed by atoms with E-state index in [4.69, 9.17) is 47.4 Å². The van der Waals surface area contributed by atoms with Crippen molar-refractivity contribution in [1.82, 2.24) is 0 Å². The third-order valence-electron chi connectivity index (χ3n) is 20.7. The van der Waals surface area contributed by atoms with Crippen molar-refractivity contribution in [1.29, 1.82) is 0 Å². The first kappa shape index (κ1) is 104. The van der Waals surface area contributed by atoms with E-state index in [9.17, 15) is 47.9 Å². The van der Waals surface area contributed by atoms with Gasteiger partial charge in [-0.25, -0.2) is 28.8 Å². The van der Waals surface area contributed by atoms with E-state index in [1.54, 1.807) is 100 Å². The molecule has 702 valence electrons. The fraction of sp³-hybridized carbons (Fsp3) is 0.221. The molecule has 0 aliphatic rings. The molecule has 0 aliphatic carbocycles. The van der Waals surface area contributed by atoms with Gasteiger partial charge in [0.15, 0.2) is 0 Å². The third kappa shape index (κ3) is 34.6. The van der Waals surface area contributed by atoms with Gasteiger partial charge in [-0.2, -0.15) is 0 Å². The van der Waals surface area contributed by atoms with Gasteiger partial charge in [-0.15, -0.1) is 0 Å². The molecule has 2 atom stereocenters. The average Bonchev–Trinajstić information content (AvgIpc) is 0.815. The van der Waals surface area contributed by atoms with Gasteiger partial charge in [0.25, 0.3) is 11.6 Å². The second kappa shape index (κ2) is 54.1. The van der Waals surface area contributed by atoms with Gasteiger partial charge in [0, 0.05) is 87.3 Å². The van der Waals surface area contributed by atoms with Crippen LogP contribution in [0.5, 0.6) is 34.5 Å². The molecule has 0 fully saturated rings. The van der Waals surface area contributed by atoms with E-state index >= 15 is 0 Å². The molecule has 0 spiro atoms. The number of aryl methyl sites for hydroxylation is 7. The summed E-state index contributed by atoms with van der Waals surface area (Å²) in [6.45, 7) is 34.6. The molecule has 0 bridgehead atoms. The summed E-state index contributed by atoms with van der Waals surface area (Å²) < 4.78 is 53.2. The summed E-state index contributed by atoms with van der Waals surface area (Å²) in [4.78, 5) is 123. The second-order valence-corrected chi connectivity index (χ2v) is 32.0. The van der Waals surface area contributed by atoms with Crippen molar-refractivity contribution in [3.05, 3.63) is 381 Å². The smallest absolute Gasteiger partial charge is 0.384 e. The molecule has 0 saturated heterocycles. The molecule has 23 nitrogen and oxygen atoms in total. The highest BCUT2D eigenvalue weighted by atomic mass is 16.6. The highest BCUT2D eigenvalue weighted by Gasteiger charge is 2.22. The molecule has 136 heavy (non-hydrogen) atoms. The van der Waals surface area contributed by atoms with Gasteiger partial charge in [0.1, 0.15) is 59.9 Å². The second-order valence-electron chi connectivity index (χ2n) is 32.0. The van der Waals surface area contributed by atoms with Gasteiger partial charge in [-0.05, 0) is 329 Å². The van der Waals surface area contributed by atoms with E-state index in [0.29, 0.717) is 61.5 Å². The van der Waals surface area contributed by atoms with Gasteiger partial charge < -0.3 is 62.1 Å². The molecule has 0 N–H and O–H groups in total. The maximum Gasteiger partial charge on any atom is 0.384 e. The third-order valence-corrected chi connectivity index (χ3v) is 20.7. The van der Waals surface area contributed by atoms with Gasteiger partial charge in [-0.1, -0.05) is 141 Å². The topological polar surface area (TPSA) is 273 Å². The van der Waals surface area contributed by atoms with Crippen LogP contribution in [0.25, 0.3) is 0 Å². The van der Waals surface area contributed by atoms with Gasteiger partial charge in [0.2, 0.25) is 0 Å². The van der Waals surface area contributed by atoms with E-state index in [0.717, 1.165) is 137 Å². The summed E-state index contributed by atoms with van der Waals surface area (Å²) in [5.41, 5.74) is 17.4. The van der Waals surface area contributed by atoms with E-state index in [1.807, 2.05) is 116 Å². The molecule has 11 rings (SSSR count). The van der Waals surface area contributed by atoms with Crippen molar-refractivity contribution < 1.29 is 95.3 Å². The maximum atomic E-state index is 12.3. The minimum atomic E-state index is -1.02. The summed E-state index contributed by atoms with van der Waals surface area (Å²) in [5.74, 6) is -3.28. The standard InChI is InChI=1S/C49H53NO6.C37H41NO8.C27H21NO6/c1-34(2)48(51)55-37(6)32-53-46-28-18-41(19-29-46)12-10-39-14-24-44(25-15-39)50(43-22-8-36(5)9-23-43)45-26-16-40(17-27-45)11-13-42-20-30-47(31-21-42)54-33-38(7)56-49(52)35(3)4;1-4-34(39)43-26-10-6-8-12-36(41)45-32-22-18-30(19-23-32)38(29-16-14-28(3)15-17-29)31-20-24-33(25-21-31)46-37(42)13-9-7-11-27-44-35(40)5-2;1-4-24(29)26(31)33-22-14-10-20(11-15-22)28(19-8-6-18(3)7-9-19)21-12-16-23(17-13-21)34-27(32)25(30)5-2/h8-9,14-31,37-38H,1,3,10-13,32-33H2,2,4-7H3;4-5,14-25H,1-2,6-13,26-27H2,3H3;4-17H,1-2H2,3H3. The van der Waals surface area contributed by atoms with Gasteiger partial charge in [-0.3, -0.25) is 19.2 Å². The maximum absolute atomic E-state index is 12.3. The number of rotatable bonds is 47. The van der Waals surface area contributed by atoms with Crippen LogP contribution in [0, 0.1) is 20.8 Å². The molecule has 23 heteroatoms. The van der Waals surface area contributed by atoms with Crippen LogP contribution in [0.2, 0.25) is 0 Å². The number of ether oxygens (including phenoxy) is 10. The first-order valence-corrected chi connectivity index (χ1v) is 44.7. The predicted octanol–water partition coefficient (Wildman–Crippen LogP) is 23.4. The van der Waals surface area contributed by atoms with Crippen molar-refractivity contribution in [2.45, 2.75) is 138 Å². The van der Waals surface area contributed by atoms with Crippen molar-refractivity contribution in [2.75, 3.05) is 41.1 Å². The Morgan fingerprint density at radius 3 is 0.757 bits per heavy atom. The fourth-order valence-electron chi connectivity index (χ4n) is 13.2. The summed E-state index contributed by atoms with van der Waals surface area (Å²) in [7, 11) is 0. The van der Waals surface area contributed by atoms with Crippen LogP contribution in [0.3, 0.4) is 0 Å². The number of esters is 8. The van der Waals surface area contributed by atoms with E-state index < -0.39 is 47.4 Å². The number of unbranched alkanes of at least 4 members (excludes halogenated alkanes) is 4. The van der Waals surface area contributed by atoms with E-state index in [2.05, 4.69) is 153 Å². The minimum absolute atomic E-state index is 0.210. The monoisotopic (exact) mass is 1830 g/mol. The fourth-order valence-corrected chi connectivity index (χ4v) is 13.2. The number of hydrogen-bond acceptors (Lipinski definition) is 23. The number of nitrogens with zero attached hydrogens (tertiary/aromatic N) is 3. The molecule has 0 radical (unpaired) electrons. The lowest BCUT2D eigenvalue weighted by Gasteiger charge is -2.26. The minimum Gasteiger partial charge on any atom is -0.490 e. The number of benzene rings is 11. The molecule has 0 heterocycles. The lowest BCUT2D eigenvalue weighted by atomic mass is 10.0. The molecule has 0 aliphatic heterocycles. The van der Waals surface area contributed by atoms with Crippen LogP contribution in [0.4, 0.5) is 51.2 Å². The molecule has 0 amide bonds. The number of anilines is 9. The van der Waals surface area contributed by atoms with Crippen molar-refractivity contribution in [3.63, 3.8) is 0 Å². The lowest BCUT2D eigenvalue weighted by molar-refractivity contribution is -0.145. The van der Waals surface area contributed by atoms with Crippen molar-refractivity contribution in [3.8, 4) is 34.5 Å². The predicted molar refractivity (Wildman–Crippen MR) is 529 cm³/mol. The molecule has 11 aromatic carbocycles. The summed E-state index contributed by atoms with van der Waals surface area (Å²) in [6.07, 6.45) is 11.5. The van der Waals surface area contributed by atoms with E-state index in [1.165, 1.54) is 27.8 Å². The Labute approximate surface area is 795 Å². The largest absolute Gasteiger partial charge is 0.490 e. The van der Waals surface area contributed by atoms with Gasteiger partial charge in [0.05, 0.1) is 13.2 Å². The number of hydrogen-bond donors (Lipinski definition) is 0. The van der Waals surface area contributed by atoms with Crippen LogP contribution in [-0.2, 0) is 92.6 Å².